The van der Waals surface area contributed by atoms with E-state index in [-0.39, 0.29) is 5.91 Å². The fourth-order valence-corrected chi connectivity index (χ4v) is 3.73. The molecule has 1 aromatic heterocycles. The summed E-state index contributed by atoms with van der Waals surface area (Å²) in [6, 6.07) is 8.03. The monoisotopic (exact) mass is 402 g/mol. The van der Waals surface area contributed by atoms with Crippen LogP contribution in [0.25, 0.3) is 6.08 Å². The summed E-state index contributed by atoms with van der Waals surface area (Å²) in [5.74, 6) is 0.0263. The number of halogens is 1. The van der Waals surface area contributed by atoms with Gasteiger partial charge >= 0.3 is 0 Å². The minimum Gasteiger partial charge on any atom is -0.364 e. The predicted octanol–water partition coefficient (Wildman–Crippen LogP) is 3.33. The summed E-state index contributed by atoms with van der Waals surface area (Å²) < 4.78 is 5.23. The van der Waals surface area contributed by atoms with E-state index in [1.165, 1.54) is 22.0 Å². The van der Waals surface area contributed by atoms with E-state index >= 15 is 0 Å². The van der Waals surface area contributed by atoms with Crippen molar-refractivity contribution in [1.29, 1.82) is 0 Å². The molecule has 7 heteroatoms. The number of nitrogens with zero attached hydrogens (tertiary/aromatic N) is 4. The third-order valence-corrected chi connectivity index (χ3v) is 5.43. The van der Waals surface area contributed by atoms with Gasteiger partial charge in [0.1, 0.15) is 0 Å². The molecule has 3 heterocycles. The first-order valence-corrected chi connectivity index (χ1v) is 9.25. The molecule has 0 radical (unpaired) electrons. The number of amides is 1. The number of hydrogen-bond acceptors (Lipinski definition) is 5. The Hall–Kier alpha value is -1.99. The van der Waals surface area contributed by atoms with Crippen LogP contribution in [0.3, 0.4) is 0 Å². The van der Waals surface area contributed by atoms with Crippen molar-refractivity contribution in [3.63, 3.8) is 0 Å². The fourth-order valence-electron chi connectivity index (χ4n) is 2.82. The van der Waals surface area contributed by atoms with Crippen LogP contribution in [0.5, 0.6) is 0 Å². The molecule has 4 rings (SSSR count). The molecule has 24 heavy (non-hydrogen) atoms. The maximum atomic E-state index is 12.5. The number of fused-ring (bicyclic) bond motifs is 1. The molecule has 0 saturated heterocycles. The minimum atomic E-state index is 0.0263. The molecule has 2 aliphatic rings. The largest absolute Gasteiger partial charge is 0.364 e. The van der Waals surface area contributed by atoms with Crippen LogP contribution in [0.4, 0.5) is 0 Å². The van der Waals surface area contributed by atoms with Gasteiger partial charge in [0.15, 0.2) is 0 Å². The second-order valence-corrected chi connectivity index (χ2v) is 7.51. The number of rotatable bonds is 3. The lowest BCUT2D eigenvalue weighted by Crippen LogP contribution is -2.34. The van der Waals surface area contributed by atoms with E-state index in [2.05, 4.69) is 25.4 Å². The Morgan fingerprint density at radius 3 is 2.96 bits per heavy atom. The third kappa shape index (κ3) is 3.14. The van der Waals surface area contributed by atoms with E-state index in [0.29, 0.717) is 13.1 Å². The zero-order valence-corrected chi connectivity index (χ0v) is 15.3. The lowest BCUT2D eigenvalue weighted by molar-refractivity contribution is -0.131. The summed E-state index contributed by atoms with van der Waals surface area (Å²) in [6.45, 7) is 1.71. The Kier molecular flexibility index (Phi) is 4.20. The molecular weight excluding hydrogens is 388 g/mol. The fraction of sp³-hybridized carbons (Fsp3) is 0.235. The van der Waals surface area contributed by atoms with Crippen LogP contribution >= 0.6 is 27.5 Å². The summed E-state index contributed by atoms with van der Waals surface area (Å²) >= 11 is 4.92. The van der Waals surface area contributed by atoms with E-state index in [1.807, 2.05) is 47.6 Å². The molecule has 0 saturated carbocycles. The zero-order valence-electron chi connectivity index (χ0n) is 12.9. The maximum absolute atomic E-state index is 12.5. The highest BCUT2D eigenvalue weighted by Gasteiger charge is 2.23. The number of hydrogen-bond donors (Lipinski definition) is 0. The van der Waals surface area contributed by atoms with Crippen LogP contribution in [0.2, 0.25) is 0 Å². The number of benzene rings is 1. The summed E-state index contributed by atoms with van der Waals surface area (Å²) in [4.78, 5) is 15.7. The number of aromatic nitrogens is 1. The first kappa shape index (κ1) is 15.5. The van der Waals surface area contributed by atoms with Crippen molar-refractivity contribution in [3.8, 4) is 0 Å². The molecule has 1 amide bonds. The quantitative estimate of drug-likeness (QED) is 0.790. The summed E-state index contributed by atoms with van der Waals surface area (Å²) in [5, 5.41) is 6.10. The summed E-state index contributed by atoms with van der Waals surface area (Å²) in [5.41, 5.74) is 3.21. The maximum Gasteiger partial charge on any atom is 0.262 e. The molecule has 2 aromatic rings. The van der Waals surface area contributed by atoms with E-state index in [9.17, 15) is 4.79 Å². The van der Waals surface area contributed by atoms with Crippen molar-refractivity contribution < 1.29 is 4.79 Å². The first-order valence-electron chi connectivity index (χ1n) is 7.68. The first-order chi connectivity index (χ1) is 11.7. The number of hydrazone groups is 1. The van der Waals surface area contributed by atoms with E-state index in [0.717, 1.165) is 28.7 Å². The van der Waals surface area contributed by atoms with Crippen LogP contribution in [0.1, 0.15) is 22.4 Å². The van der Waals surface area contributed by atoms with Crippen molar-refractivity contribution in [3.05, 3.63) is 57.1 Å². The van der Waals surface area contributed by atoms with Gasteiger partial charge in [0.05, 0.1) is 23.7 Å². The molecule has 0 unspecified atom stereocenters. The van der Waals surface area contributed by atoms with Gasteiger partial charge in [0.25, 0.3) is 5.91 Å². The standard InChI is InChI=1S/C17H15BrN4OS/c18-14-3-1-12(2-4-14)15-5-8-22(20-15)17(23)11-21-7-6-16-13(10-21)9-19-24-16/h1-4,6-7,9H,5,8,10-11H2. The molecule has 2 aliphatic heterocycles. The van der Waals surface area contributed by atoms with Crippen LogP contribution in [0, 0.1) is 0 Å². The second-order valence-electron chi connectivity index (χ2n) is 5.76. The van der Waals surface area contributed by atoms with Crippen molar-refractivity contribution >= 4 is 45.2 Å². The van der Waals surface area contributed by atoms with E-state index in [4.69, 9.17) is 0 Å². The molecule has 1 aromatic carbocycles. The molecule has 0 atom stereocenters. The highest BCUT2D eigenvalue weighted by atomic mass is 79.9. The molecule has 0 aliphatic carbocycles. The van der Waals surface area contributed by atoms with E-state index < -0.39 is 0 Å². The molecular formula is C17H15BrN4OS. The summed E-state index contributed by atoms with van der Waals surface area (Å²) in [7, 11) is 0. The highest BCUT2D eigenvalue weighted by molar-refractivity contribution is 9.10. The van der Waals surface area contributed by atoms with Crippen molar-refractivity contribution in [2.45, 2.75) is 13.0 Å². The van der Waals surface area contributed by atoms with Gasteiger partial charge in [-0.3, -0.25) is 4.79 Å². The van der Waals surface area contributed by atoms with Gasteiger partial charge in [0, 0.05) is 35.4 Å². The van der Waals surface area contributed by atoms with Gasteiger partial charge in [-0.25, -0.2) is 9.38 Å². The minimum absolute atomic E-state index is 0.0263. The van der Waals surface area contributed by atoms with Crippen LogP contribution < -0.4 is 0 Å². The average Bonchev–Trinajstić information content (AvgIpc) is 3.24. The highest BCUT2D eigenvalue weighted by Crippen LogP contribution is 2.23. The molecule has 5 nitrogen and oxygen atoms in total. The lowest BCUT2D eigenvalue weighted by Gasteiger charge is -2.24. The van der Waals surface area contributed by atoms with Crippen LogP contribution in [0.15, 0.2) is 46.2 Å². The normalized spacial score (nSPS) is 16.3. The van der Waals surface area contributed by atoms with E-state index in [1.54, 1.807) is 5.01 Å². The van der Waals surface area contributed by atoms with Gasteiger partial charge in [-0.15, -0.1) is 0 Å². The SMILES string of the molecule is O=C(CN1C=Cc2sncc2C1)N1CCC(c2ccc(Br)cc2)=N1. The Morgan fingerprint density at radius 2 is 2.12 bits per heavy atom. The van der Waals surface area contributed by atoms with Crippen LogP contribution in [-0.4, -0.2) is 39.0 Å². The Bertz CT molecular complexity index is 827. The number of carbonyl (C=O) groups excluding carboxylic acids is 1. The molecule has 0 spiro atoms. The zero-order chi connectivity index (χ0) is 16.5. The number of carbonyl (C=O) groups is 1. The third-order valence-electron chi connectivity index (χ3n) is 4.09. The average molecular weight is 403 g/mol. The molecule has 0 bridgehead atoms. The summed E-state index contributed by atoms with van der Waals surface area (Å²) in [6.07, 6.45) is 6.65. The Labute approximate surface area is 152 Å². The molecule has 0 N–H and O–H groups in total. The van der Waals surface area contributed by atoms with Crippen molar-refractivity contribution in [2.24, 2.45) is 5.10 Å². The van der Waals surface area contributed by atoms with Gasteiger partial charge in [-0.2, -0.15) is 5.10 Å². The van der Waals surface area contributed by atoms with Crippen molar-refractivity contribution in [2.75, 3.05) is 13.1 Å². The van der Waals surface area contributed by atoms with Crippen molar-refractivity contribution in [1.82, 2.24) is 14.3 Å². The Morgan fingerprint density at radius 1 is 1.29 bits per heavy atom. The van der Waals surface area contributed by atoms with Gasteiger partial charge in [-0.05, 0) is 35.3 Å². The molecule has 0 fully saturated rings. The Balaban J connectivity index is 1.41. The van der Waals surface area contributed by atoms with Gasteiger partial charge < -0.3 is 4.90 Å². The predicted molar refractivity (Wildman–Crippen MR) is 98.6 cm³/mol. The van der Waals surface area contributed by atoms with Crippen LogP contribution in [-0.2, 0) is 11.3 Å². The van der Waals surface area contributed by atoms with Gasteiger partial charge in [-0.1, -0.05) is 28.1 Å². The lowest BCUT2D eigenvalue weighted by atomic mass is 10.1. The second kappa shape index (κ2) is 6.49. The topological polar surface area (TPSA) is 48.8 Å². The molecule has 122 valence electrons. The smallest absolute Gasteiger partial charge is 0.262 e. The van der Waals surface area contributed by atoms with Gasteiger partial charge in [0.2, 0.25) is 0 Å².